The van der Waals surface area contributed by atoms with Gasteiger partial charge in [-0.1, -0.05) is 26.7 Å². The van der Waals surface area contributed by atoms with Crippen LogP contribution in [0.4, 0.5) is 0 Å². The van der Waals surface area contributed by atoms with Gasteiger partial charge in [0.1, 0.15) is 0 Å². The molecule has 0 aliphatic rings. The van der Waals surface area contributed by atoms with Gasteiger partial charge < -0.3 is 10.2 Å². The van der Waals surface area contributed by atoms with E-state index in [1.54, 1.807) is 6.92 Å². The van der Waals surface area contributed by atoms with E-state index in [0.29, 0.717) is 12.8 Å². The van der Waals surface area contributed by atoms with E-state index >= 15 is 0 Å². The van der Waals surface area contributed by atoms with Crippen LogP contribution >= 0.6 is 0 Å². The highest BCUT2D eigenvalue weighted by Crippen LogP contribution is 2.22. The first-order valence-corrected chi connectivity index (χ1v) is 4.47. The fourth-order valence-electron chi connectivity index (χ4n) is 1.16. The molecule has 11 heavy (non-hydrogen) atoms. The van der Waals surface area contributed by atoms with Crippen LogP contribution in [0.15, 0.2) is 0 Å². The van der Waals surface area contributed by atoms with Crippen molar-refractivity contribution in [2.24, 2.45) is 0 Å². The van der Waals surface area contributed by atoms with Crippen LogP contribution in [0.1, 0.15) is 46.5 Å². The van der Waals surface area contributed by atoms with E-state index in [-0.39, 0.29) is 0 Å². The van der Waals surface area contributed by atoms with Gasteiger partial charge in [-0.05, 0) is 19.8 Å². The van der Waals surface area contributed by atoms with E-state index in [2.05, 4.69) is 6.92 Å². The van der Waals surface area contributed by atoms with Crippen LogP contribution in [0.3, 0.4) is 0 Å². The Balaban J connectivity index is 3.88. The Morgan fingerprint density at radius 1 is 1.36 bits per heavy atom. The van der Waals surface area contributed by atoms with Crippen LogP contribution in [0.2, 0.25) is 0 Å². The fraction of sp³-hybridized carbons (Fsp3) is 1.00. The second-order valence-corrected chi connectivity index (χ2v) is 3.24. The Morgan fingerprint density at radius 3 is 2.18 bits per heavy atom. The summed E-state index contributed by atoms with van der Waals surface area (Å²) in [6.07, 6.45) is 2.77. The molecule has 0 aromatic carbocycles. The summed E-state index contributed by atoms with van der Waals surface area (Å²) in [7, 11) is 0. The summed E-state index contributed by atoms with van der Waals surface area (Å²) in [5, 5.41) is 19.0. The molecule has 0 aromatic heterocycles. The molecule has 0 aliphatic heterocycles. The van der Waals surface area contributed by atoms with Gasteiger partial charge in [0.25, 0.3) is 0 Å². The minimum Gasteiger partial charge on any atom is -0.390 e. The molecular formula is C9H20O2. The molecule has 0 aromatic rings. The summed E-state index contributed by atoms with van der Waals surface area (Å²) in [4.78, 5) is 0. The third-order valence-corrected chi connectivity index (χ3v) is 2.35. The first-order valence-electron chi connectivity index (χ1n) is 4.47. The summed E-state index contributed by atoms with van der Waals surface area (Å²) in [6, 6.07) is 0. The SMILES string of the molecule is CCCCC(O)(CC)C(C)O. The predicted octanol–water partition coefficient (Wildman–Crippen LogP) is 1.70. The molecule has 68 valence electrons. The van der Waals surface area contributed by atoms with Crippen molar-refractivity contribution in [3.63, 3.8) is 0 Å². The van der Waals surface area contributed by atoms with Crippen molar-refractivity contribution in [2.75, 3.05) is 0 Å². The summed E-state index contributed by atoms with van der Waals surface area (Å²) < 4.78 is 0. The van der Waals surface area contributed by atoms with Crippen LogP contribution in [0.25, 0.3) is 0 Å². The summed E-state index contributed by atoms with van der Waals surface area (Å²) in [6.45, 7) is 5.64. The summed E-state index contributed by atoms with van der Waals surface area (Å²) >= 11 is 0. The second kappa shape index (κ2) is 4.73. The maximum absolute atomic E-state index is 9.78. The molecule has 2 unspecified atom stereocenters. The van der Waals surface area contributed by atoms with Gasteiger partial charge in [-0.25, -0.2) is 0 Å². The van der Waals surface area contributed by atoms with Gasteiger partial charge in [0.05, 0.1) is 11.7 Å². The Bertz CT molecular complexity index is 102. The lowest BCUT2D eigenvalue weighted by Crippen LogP contribution is -2.39. The highest BCUT2D eigenvalue weighted by Gasteiger charge is 2.29. The number of unbranched alkanes of at least 4 members (excludes halogenated alkanes) is 1. The predicted molar refractivity (Wildman–Crippen MR) is 46.4 cm³/mol. The molecule has 0 rings (SSSR count). The van der Waals surface area contributed by atoms with Gasteiger partial charge >= 0.3 is 0 Å². The van der Waals surface area contributed by atoms with Crippen LogP contribution < -0.4 is 0 Å². The van der Waals surface area contributed by atoms with Crippen LogP contribution in [-0.4, -0.2) is 21.9 Å². The van der Waals surface area contributed by atoms with E-state index < -0.39 is 11.7 Å². The van der Waals surface area contributed by atoms with E-state index in [4.69, 9.17) is 0 Å². The lowest BCUT2D eigenvalue weighted by atomic mass is 9.89. The maximum atomic E-state index is 9.78. The van der Waals surface area contributed by atoms with Crippen molar-refractivity contribution in [3.05, 3.63) is 0 Å². The summed E-state index contributed by atoms with van der Waals surface area (Å²) in [5.74, 6) is 0. The summed E-state index contributed by atoms with van der Waals surface area (Å²) in [5.41, 5.74) is -0.851. The molecule has 0 fully saturated rings. The van der Waals surface area contributed by atoms with Crippen LogP contribution in [0, 0.1) is 0 Å². The number of hydrogen-bond donors (Lipinski definition) is 2. The lowest BCUT2D eigenvalue weighted by Gasteiger charge is -2.29. The minimum atomic E-state index is -0.851. The Kier molecular flexibility index (Phi) is 4.69. The third kappa shape index (κ3) is 3.21. The zero-order valence-corrected chi connectivity index (χ0v) is 7.80. The molecule has 2 nitrogen and oxygen atoms in total. The van der Waals surface area contributed by atoms with E-state index in [1.165, 1.54) is 0 Å². The molecule has 0 saturated heterocycles. The normalized spacial score (nSPS) is 19.4. The fourth-order valence-corrected chi connectivity index (χ4v) is 1.16. The molecule has 0 amide bonds. The molecule has 2 atom stereocenters. The zero-order chi connectivity index (χ0) is 8.91. The van der Waals surface area contributed by atoms with Crippen LogP contribution in [-0.2, 0) is 0 Å². The van der Waals surface area contributed by atoms with Gasteiger partial charge in [0, 0.05) is 0 Å². The molecule has 0 spiro atoms. The topological polar surface area (TPSA) is 40.5 Å². The third-order valence-electron chi connectivity index (χ3n) is 2.35. The molecule has 0 bridgehead atoms. The van der Waals surface area contributed by atoms with E-state index in [9.17, 15) is 10.2 Å². The van der Waals surface area contributed by atoms with Crippen molar-refractivity contribution in [2.45, 2.75) is 58.2 Å². The van der Waals surface area contributed by atoms with Crippen molar-refractivity contribution < 1.29 is 10.2 Å². The Labute approximate surface area is 69.2 Å². The Hall–Kier alpha value is -0.0800. The minimum absolute atomic E-state index is 0.612. The van der Waals surface area contributed by atoms with Gasteiger partial charge in [0.2, 0.25) is 0 Å². The van der Waals surface area contributed by atoms with Crippen molar-refractivity contribution >= 4 is 0 Å². The number of rotatable bonds is 5. The van der Waals surface area contributed by atoms with Gasteiger partial charge in [0.15, 0.2) is 0 Å². The largest absolute Gasteiger partial charge is 0.390 e. The molecule has 2 N–H and O–H groups in total. The van der Waals surface area contributed by atoms with E-state index in [0.717, 1.165) is 12.8 Å². The van der Waals surface area contributed by atoms with Gasteiger partial charge in [-0.15, -0.1) is 0 Å². The average molecular weight is 160 g/mol. The number of aliphatic hydroxyl groups is 2. The first-order chi connectivity index (χ1) is 5.06. The highest BCUT2D eigenvalue weighted by atomic mass is 16.3. The number of aliphatic hydroxyl groups excluding tert-OH is 1. The van der Waals surface area contributed by atoms with E-state index in [1.807, 2.05) is 6.92 Å². The maximum Gasteiger partial charge on any atom is 0.0900 e. The number of hydrogen-bond acceptors (Lipinski definition) is 2. The molecule has 0 saturated carbocycles. The average Bonchev–Trinajstić information content (AvgIpc) is 2.00. The van der Waals surface area contributed by atoms with Crippen molar-refractivity contribution in [1.82, 2.24) is 0 Å². The first kappa shape index (κ1) is 10.9. The monoisotopic (exact) mass is 160 g/mol. The van der Waals surface area contributed by atoms with Gasteiger partial charge in [-0.3, -0.25) is 0 Å². The smallest absolute Gasteiger partial charge is 0.0900 e. The second-order valence-electron chi connectivity index (χ2n) is 3.24. The van der Waals surface area contributed by atoms with Gasteiger partial charge in [-0.2, -0.15) is 0 Å². The lowest BCUT2D eigenvalue weighted by molar-refractivity contribution is -0.0750. The molecule has 2 heteroatoms. The zero-order valence-electron chi connectivity index (χ0n) is 7.80. The quantitative estimate of drug-likeness (QED) is 0.642. The molecule has 0 radical (unpaired) electrons. The Morgan fingerprint density at radius 2 is 1.91 bits per heavy atom. The molecule has 0 heterocycles. The van der Waals surface area contributed by atoms with Crippen molar-refractivity contribution in [1.29, 1.82) is 0 Å². The standard InChI is InChI=1S/C9H20O2/c1-4-6-7-9(11,5-2)8(3)10/h8,10-11H,4-7H2,1-3H3. The van der Waals surface area contributed by atoms with Crippen molar-refractivity contribution in [3.8, 4) is 0 Å². The molecular weight excluding hydrogens is 140 g/mol. The molecule has 0 aliphatic carbocycles. The highest BCUT2D eigenvalue weighted by molar-refractivity contribution is 4.81. The van der Waals surface area contributed by atoms with Crippen LogP contribution in [0.5, 0.6) is 0 Å².